The van der Waals surface area contributed by atoms with Crippen molar-refractivity contribution in [3.63, 3.8) is 0 Å². The Balaban J connectivity index is 1.31. The molecule has 1 aromatic carbocycles. The second-order valence-corrected chi connectivity index (χ2v) is 9.72. The van der Waals surface area contributed by atoms with Gasteiger partial charge in [-0.25, -0.2) is 0 Å². The Bertz CT molecular complexity index is 975. The van der Waals surface area contributed by atoms with Gasteiger partial charge in [-0.2, -0.15) is 0 Å². The topological polar surface area (TPSA) is 90.0 Å². The summed E-state index contributed by atoms with van der Waals surface area (Å²) >= 11 is 0. The van der Waals surface area contributed by atoms with E-state index in [4.69, 9.17) is 0 Å². The minimum Gasteiger partial charge on any atom is -0.356 e. The molecule has 8 nitrogen and oxygen atoms in total. The number of para-hydroxylation sites is 1. The fourth-order valence-electron chi connectivity index (χ4n) is 5.31. The van der Waals surface area contributed by atoms with E-state index in [2.05, 4.69) is 5.32 Å². The summed E-state index contributed by atoms with van der Waals surface area (Å²) < 4.78 is 0. The van der Waals surface area contributed by atoms with E-state index < -0.39 is 5.66 Å². The molecule has 0 bridgehead atoms. The van der Waals surface area contributed by atoms with Crippen LogP contribution in [0.1, 0.15) is 55.8 Å². The van der Waals surface area contributed by atoms with Gasteiger partial charge in [0, 0.05) is 26.1 Å². The van der Waals surface area contributed by atoms with E-state index in [9.17, 15) is 19.2 Å². The van der Waals surface area contributed by atoms with Crippen LogP contribution in [-0.2, 0) is 14.4 Å². The Morgan fingerprint density at radius 1 is 1.16 bits per heavy atom. The van der Waals surface area contributed by atoms with Crippen LogP contribution < -0.4 is 10.2 Å². The first-order chi connectivity index (χ1) is 15.4. The van der Waals surface area contributed by atoms with E-state index in [1.54, 1.807) is 32.9 Å². The van der Waals surface area contributed by atoms with Crippen LogP contribution in [0.5, 0.6) is 0 Å². The summed E-state index contributed by atoms with van der Waals surface area (Å²) in [5.74, 6) is 0.0127. The Morgan fingerprint density at radius 2 is 1.94 bits per heavy atom. The van der Waals surface area contributed by atoms with Crippen LogP contribution >= 0.6 is 0 Å². The molecule has 0 aromatic heterocycles. The first kappa shape index (κ1) is 21.0. The Morgan fingerprint density at radius 3 is 2.72 bits per heavy atom. The Kier molecular flexibility index (Phi) is 5.18. The minimum absolute atomic E-state index is 0.0249. The second kappa shape index (κ2) is 7.90. The van der Waals surface area contributed by atoms with Gasteiger partial charge in [-0.3, -0.25) is 24.1 Å². The molecule has 1 aromatic rings. The molecule has 4 aliphatic rings. The highest BCUT2D eigenvalue weighted by Gasteiger charge is 2.53. The number of hydrogen-bond donors (Lipinski definition) is 1. The SMILES string of the molecule is CC12CCC(=O)N1c1ccccc1C(=O)N2CC(=O)N1CCCC(C(=O)NCC2CC2)C1. The molecule has 3 heterocycles. The number of likely N-dealkylation sites (tertiary alicyclic amines) is 1. The third kappa shape index (κ3) is 3.55. The number of nitrogens with one attached hydrogen (secondary N) is 1. The lowest BCUT2D eigenvalue weighted by Gasteiger charge is -2.48. The third-order valence-corrected chi connectivity index (χ3v) is 7.45. The van der Waals surface area contributed by atoms with E-state index in [0.29, 0.717) is 43.1 Å². The highest BCUT2D eigenvalue weighted by atomic mass is 16.2. The van der Waals surface area contributed by atoms with Gasteiger partial charge in [0.25, 0.3) is 5.91 Å². The van der Waals surface area contributed by atoms with Crippen molar-refractivity contribution in [1.29, 1.82) is 0 Å². The maximum Gasteiger partial charge on any atom is 0.258 e. The van der Waals surface area contributed by atoms with Gasteiger partial charge in [-0.15, -0.1) is 0 Å². The lowest BCUT2D eigenvalue weighted by atomic mass is 9.96. The van der Waals surface area contributed by atoms with Gasteiger partial charge >= 0.3 is 0 Å². The number of benzene rings is 1. The molecule has 1 N–H and O–H groups in total. The van der Waals surface area contributed by atoms with Gasteiger partial charge in [0.1, 0.15) is 12.2 Å². The van der Waals surface area contributed by atoms with Crippen molar-refractivity contribution in [2.75, 3.05) is 31.1 Å². The summed E-state index contributed by atoms with van der Waals surface area (Å²) in [5.41, 5.74) is 0.218. The van der Waals surface area contributed by atoms with Gasteiger partial charge in [-0.1, -0.05) is 12.1 Å². The van der Waals surface area contributed by atoms with Gasteiger partial charge in [0.15, 0.2) is 0 Å². The molecule has 2 unspecified atom stereocenters. The number of hydrogen-bond acceptors (Lipinski definition) is 4. The van der Waals surface area contributed by atoms with Crippen molar-refractivity contribution in [1.82, 2.24) is 15.1 Å². The number of fused-ring (bicyclic) bond motifs is 3. The van der Waals surface area contributed by atoms with Crippen molar-refractivity contribution in [2.24, 2.45) is 11.8 Å². The number of carbonyl (C=O) groups excluding carboxylic acids is 4. The van der Waals surface area contributed by atoms with Crippen LogP contribution in [0, 0.1) is 11.8 Å². The zero-order valence-corrected chi connectivity index (χ0v) is 18.5. The summed E-state index contributed by atoms with van der Waals surface area (Å²) in [5, 5.41) is 3.03. The lowest BCUT2D eigenvalue weighted by molar-refractivity contribution is -0.137. The van der Waals surface area contributed by atoms with Gasteiger partial charge in [-0.05, 0) is 57.1 Å². The van der Waals surface area contributed by atoms with Crippen molar-refractivity contribution < 1.29 is 19.2 Å². The molecular formula is C24H30N4O4. The fraction of sp³-hybridized carbons (Fsp3) is 0.583. The monoisotopic (exact) mass is 438 g/mol. The summed E-state index contributed by atoms with van der Waals surface area (Å²) in [7, 11) is 0. The first-order valence-electron chi connectivity index (χ1n) is 11.7. The maximum absolute atomic E-state index is 13.4. The number of nitrogens with zero attached hydrogens (tertiary/aromatic N) is 3. The predicted octanol–water partition coefficient (Wildman–Crippen LogP) is 1.75. The first-order valence-corrected chi connectivity index (χ1v) is 11.7. The van der Waals surface area contributed by atoms with E-state index in [0.717, 1.165) is 19.4 Å². The molecule has 0 spiro atoms. The van der Waals surface area contributed by atoms with Crippen molar-refractivity contribution in [2.45, 2.75) is 51.1 Å². The molecule has 0 radical (unpaired) electrons. The molecule has 32 heavy (non-hydrogen) atoms. The molecular weight excluding hydrogens is 408 g/mol. The van der Waals surface area contributed by atoms with Crippen LogP contribution in [0.25, 0.3) is 0 Å². The van der Waals surface area contributed by atoms with Crippen molar-refractivity contribution >= 4 is 29.3 Å². The normalized spacial score (nSPS) is 27.3. The van der Waals surface area contributed by atoms with Crippen LogP contribution in [0.15, 0.2) is 24.3 Å². The smallest absolute Gasteiger partial charge is 0.258 e. The molecule has 3 aliphatic heterocycles. The third-order valence-electron chi connectivity index (χ3n) is 7.45. The zero-order chi connectivity index (χ0) is 22.5. The number of amides is 4. The predicted molar refractivity (Wildman–Crippen MR) is 118 cm³/mol. The molecule has 4 amide bonds. The number of piperidine rings is 1. The van der Waals surface area contributed by atoms with Crippen LogP contribution in [0.4, 0.5) is 5.69 Å². The average Bonchev–Trinajstić information content (AvgIpc) is 3.58. The van der Waals surface area contributed by atoms with Crippen LogP contribution in [-0.4, -0.2) is 65.3 Å². The molecule has 1 saturated carbocycles. The second-order valence-electron chi connectivity index (χ2n) is 9.72. The number of carbonyl (C=O) groups is 4. The van der Waals surface area contributed by atoms with Gasteiger partial charge in [0.2, 0.25) is 17.7 Å². The minimum atomic E-state index is -0.852. The molecule has 170 valence electrons. The standard InChI is InChI=1S/C24H30N4O4/c1-24-11-10-20(29)28(24)19-7-3-2-6-18(19)23(32)27(24)15-21(30)26-12-4-5-17(14-26)22(31)25-13-16-8-9-16/h2-3,6-7,16-17H,4-5,8-15H2,1H3,(H,25,31). The summed E-state index contributed by atoms with van der Waals surface area (Å²) in [4.78, 5) is 56.8. The quantitative estimate of drug-likeness (QED) is 0.759. The lowest BCUT2D eigenvalue weighted by Crippen LogP contribution is -2.64. The zero-order valence-electron chi connectivity index (χ0n) is 18.5. The summed E-state index contributed by atoms with van der Waals surface area (Å²) in [6, 6.07) is 7.10. The highest BCUT2D eigenvalue weighted by molar-refractivity contribution is 6.11. The van der Waals surface area contributed by atoms with Gasteiger partial charge < -0.3 is 15.1 Å². The Hall–Kier alpha value is -2.90. The summed E-state index contributed by atoms with van der Waals surface area (Å²) in [6.45, 7) is 3.47. The molecule has 5 rings (SSSR count). The number of rotatable bonds is 5. The van der Waals surface area contributed by atoms with Crippen molar-refractivity contribution in [3.05, 3.63) is 29.8 Å². The number of anilines is 1. The molecule has 2 atom stereocenters. The average molecular weight is 439 g/mol. The largest absolute Gasteiger partial charge is 0.356 e. The van der Waals surface area contributed by atoms with Gasteiger partial charge in [0.05, 0.1) is 17.2 Å². The molecule has 8 heteroatoms. The van der Waals surface area contributed by atoms with E-state index in [1.807, 2.05) is 13.0 Å². The summed E-state index contributed by atoms with van der Waals surface area (Å²) in [6.07, 6.45) is 4.74. The highest BCUT2D eigenvalue weighted by Crippen LogP contribution is 2.44. The fourth-order valence-corrected chi connectivity index (χ4v) is 5.31. The van der Waals surface area contributed by atoms with Crippen LogP contribution in [0.2, 0.25) is 0 Å². The van der Waals surface area contributed by atoms with Crippen molar-refractivity contribution in [3.8, 4) is 0 Å². The van der Waals surface area contributed by atoms with Crippen LogP contribution in [0.3, 0.4) is 0 Å². The molecule has 3 fully saturated rings. The molecule has 1 aliphatic carbocycles. The van der Waals surface area contributed by atoms with E-state index >= 15 is 0 Å². The van der Waals surface area contributed by atoms with E-state index in [-0.39, 0.29) is 36.1 Å². The Labute approximate surface area is 187 Å². The van der Waals surface area contributed by atoms with E-state index in [1.165, 1.54) is 12.8 Å². The maximum atomic E-state index is 13.4. The molecule has 2 saturated heterocycles.